The number of H-pyrrole nitrogens is 1. The van der Waals surface area contributed by atoms with Crippen LogP contribution < -0.4 is 11.1 Å². The van der Waals surface area contributed by atoms with Crippen LogP contribution in [0.15, 0.2) is 66.7 Å². The van der Waals surface area contributed by atoms with Gasteiger partial charge < -0.3 is 16.0 Å². The van der Waals surface area contributed by atoms with E-state index >= 15 is 0 Å². The zero-order chi connectivity index (χ0) is 22.0. The van der Waals surface area contributed by atoms with Gasteiger partial charge in [0.2, 0.25) is 0 Å². The minimum atomic E-state index is -0.479. The molecule has 0 aliphatic rings. The zero-order valence-electron chi connectivity index (χ0n) is 16.0. The van der Waals surface area contributed by atoms with Crippen molar-refractivity contribution in [2.75, 3.05) is 5.73 Å². The summed E-state index contributed by atoms with van der Waals surface area (Å²) >= 11 is 6.06. The molecule has 0 saturated carbocycles. The molecule has 0 aliphatic carbocycles. The van der Waals surface area contributed by atoms with Gasteiger partial charge in [0, 0.05) is 28.4 Å². The van der Waals surface area contributed by atoms with Crippen molar-refractivity contribution in [3.63, 3.8) is 0 Å². The van der Waals surface area contributed by atoms with Crippen LogP contribution >= 0.6 is 11.6 Å². The minimum Gasteiger partial charge on any atom is -0.399 e. The third-order valence-electron chi connectivity index (χ3n) is 4.51. The van der Waals surface area contributed by atoms with Gasteiger partial charge in [-0.3, -0.25) is 14.9 Å². The molecule has 154 valence electrons. The Labute approximate surface area is 181 Å². The number of nitrogens with two attached hydrogens (primary N) is 1. The number of hydrogen-bond acceptors (Lipinski definition) is 5. The average molecular weight is 434 g/mol. The first-order chi connectivity index (χ1) is 14.9. The van der Waals surface area contributed by atoms with Gasteiger partial charge in [-0.2, -0.15) is 0 Å². The highest BCUT2D eigenvalue weighted by Gasteiger charge is 2.14. The Morgan fingerprint density at radius 2 is 1.90 bits per heavy atom. The number of rotatable bonds is 5. The number of nitrogens with one attached hydrogen (secondary N) is 2. The summed E-state index contributed by atoms with van der Waals surface area (Å²) in [5, 5.41) is 14.5. The molecule has 0 radical (unpaired) electrons. The fourth-order valence-corrected chi connectivity index (χ4v) is 3.17. The van der Waals surface area contributed by atoms with Crippen molar-refractivity contribution in [1.82, 2.24) is 15.3 Å². The summed E-state index contributed by atoms with van der Waals surface area (Å²) in [6.45, 7) is 0. The van der Waals surface area contributed by atoms with Gasteiger partial charge in [0.25, 0.3) is 11.6 Å². The van der Waals surface area contributed by atoms with Crippen molar-refractivity contribution in [3.05, 3.63) is 98.8 Å². The molecular formula is C22H16ClN5O3. The molecule has 1 heterocycles. The Kier molecular flexibility index (Phi) is 5.38. The van der Waals surface area contributed by atoms with E-state index < -0.39 is 4.92 Å². The first-order valence-electron chi connectivity index (χ1n) is 9.18. The Balaban J connectivity index is 1.77. The molecular weight excluding hydrogens is 418 g/mol. The van der Waals surface area contributed by atoms with Crippen molar-refractivity contribution < 1.29 is 9.72 Å². The van der Waals surface area contributed by atoms with Gasteiger partial charge in [0.15, 0.2) is 5.82 Å². The summed E-state index contributed by atoms with van der Waals surface area (Å²) in [6, 6.07) is 17.7. The van der Waals surface area contributed by atoms with Crippen LogP contribution in [0, 0.1) is 10.1 Å². The van der Waals surface area contributed by atoms with E-state index in [0.717, 1.165) is 0 Å². The molecule has 0 unspecified atom stereocenters. The highest BCUT2D eigenvalue weighted by molar-refractivity contribution is 6.31. The smallest absolute Gasteiger partial charge is 0.270 e. The monoisotopic (exact) mass is 433 g/mol. The molecule has 8 nitrogen and oxygen atoms in total. The highest BCUT2D eigenvalue weighted by Crippen LogP contribution is 2.23. The molecule has 0 fully saturated rings. The van der Waals surface area contributed by atoms with Crippen molar-refractivity contribution in [2.24, 2.45) is 0 Å². The van der Waals surface area contributed by atoms with E-state index in [0.29, 0.717) is 44.4 Å². The second kappa shape index (κ2) is 8.29. The molecule has 0 bridgehead atoms. The number of anilines is 1. The average Bonchev–Trinajstić information content (AvgIpc) is 3.17. The quantitative estimate of drug-likeness (QED) is 0.240. The van der Waals surface area contributed by atoms with E-state index in [2.05, 4.69) is 15.3 Å². The van der Waals surface area contributed by atoms with Crippen LogP contribution in [0.25, 0.3) is 22.8 Å². The lowest BCUT2D eigenvalue weighted by Crippen LogP contribution is -2.22. The lowest BCUT2D eigenvalue weighted by atomic mass is 10.1. The number of nitrogen functional groups attached to an aromatic ring is 1. The van der Waals surface area contributed by atoms with Crippen molar-refractivity contribution in [3.8, 4) is 0 Å². The van der Waals surface area contributed by atoms with Crippen LogP contribution in [0.4, 0.5) is 11.4 Å². The van der Waals surface area contributed by atoms with Crippen LogP contribution in [0.1, 0.15) is 21.7 Å². The Morgan fingerprint density at radius 1 is 1.13 bits per heavy atom. The fraction of sp³-hybridized carbons (Fsp3) is 0. The maximum Gasteiger partial charge on any atom is 0.270 e. The number of aromatic amines is 1. The number of halogens is 1. The number of nitro benzene ring substituents is 1. The first-order valence-corrected chi connectivity index (χ1v) is 9.55. The van der Waals surface area contributed by atoms with Crippen LogP contribution in [-0.4, -0.2) is 20.8 Å². The van der Waals surface area contributed by atoms with Crippen LogP contribution in [-0.2, 0) is 0 Å². The van der Waals surface area contributed by atoms with Gasteiger partial charge >= 0.3 is 0 Å². The van der Waals surface area contributed by atoms with Crippen LogP contribution in [0.3, 0.4) is 0 Å². The lowest BCUT2D eigenvalue weighted by Gasteiger charge is -2.09. The van der Waals surface area contributed by atoms with Gasteiger partial charge in [-0.15, -0.1) is 0 Å². The number of fused-ring (bicyclic) bond motifs is 1. The van der Waals surface area contributed by atoms with Crippen molar-refractivity contribution in [2.45, 2.75) is 0 Å². The number of amides is 1. The molecule has 0 aliphatic heterocycles. The summed E-state index contributed by atoms with van der Waals surface area (Å²) in [5.41, 5.74) is 8.79. The predicted molar refractivity (Wildman–Crippen MR) is 120 cm³/mol. The summed E-state index contributed by atoms with van der Waals surface area (Å²) < 4.78 is 0. The van der Waals surface area contributed by atoms with Crippen molar-refractivity contribution >= 4 is 51.7 Å². The van der Waals surface area contributed by atoms with Gasteiger partial charge in [-0.25, -0.2) is 4.98 Å². The first kappa shape index (κ1) is 20.1. The number of hydrogen-bond donors (Lipinski definition) is 3. The molecule has 1 aromatic heterocycles. The number of non-ortho nitro benzene ring substituents is 1. The normalized spacial score (nSPS) is 11.5. The summed E-state index contributed by atoms with van der Waals surface area (Å²) in [7, 11) is 0. The van der Waals surface area contributed by atoms with E-state index in [9.17, 15) is 14.9 Å². The number of imidazole rings is 1. The molecule has 0 spiro atoms. The molecule has 0 saturated heterocycles. The Bertz CT molecular complexity index is 1330. The van der Waals surface area contributed by atoms with Crippen LogP contribution in [0.2, 0.25) is 5.02 Å². The Morgan fingerprint density at radius 3 is 2.65 bits per heavy atom. The molecule has 9 heteroatoms. The third kappa shape index (κ3) is 4.54. The van der Waals surface area contributed by atoms with Gasteiger partial charge in [0.05, 0.1) is 21.7 Å². The number of carbonyl (C=O) groups excluding carboxylic acids is 1. The number of aromatic nitrogens is 2. The second-order valence-electron chi connectivity index (χ2n) is 6.73. The largest absolute Gasteiger partial charge is 0.399 e. The standard InChI is InChI=1S/C22H16ClN5O3/c23-15-6-9-18-19(12-15)26-21(25-18)20(11-13-2-1-3-17(10-13)28(30)31)27-22(29)14-4-7-16(24)8-5-14/h1-12H,24H2,(H,25,26)(H,27,29)/b20-11+. The van der Waals surface area contributed by atoms with E-state index in [1.165, 1.54) is 12.1 Å². The predicted octanol–water partition coefficient (Wildman–Crippen LogP) is 4.63. The number of benzene rings is 3. The van der Waals surface area contributed by atoms with Crippen molar-refractivity contribution in [1.29, 1.82) is 0 Å². The Hall–Kier alpha value is -4.17. The summed E-state index contributed by atoms with van der Waals surface area (Å²) in [6.07, 6.45) is 1.61. The topological polar surface area (TPSA) is 127 Å². The van der Waals surface area contributed by atoms with Gasteiger partial charge in [-0.1, -0.05) is 23.7 Å². The number of carbonyl (C=O) groups is 1. The molecule has 4 N–H and O–H groups in total. The van der Waals surface area contributed by atoms with E-state index in [-0.39, 0.29) is 11.6 Å². The van der Waals surface area contributed by atoms with Gasteiger partial charge in [0.1, 0.15) is 0 Å². The van der Waals surface area contributed by atoms with Gasteiger partial charge in [-0.05, 0) is 54.1 Å². The molecule has 3 aromatic carbocycles. The lowest BCUT2D eigenvalue weighted by molar-refractivity contribution is -0.384. The molecule has 4 aromatic rings. The molecule has 4 rings (SSSR count). The van der Waals surface area contributed by atoms with E-state index in [1.54, 1.807) is 60.7 Å². The summed E-state index contributed by atoms with van der Waals surface area (Å²) in [5.74, 6) is 0.00253. The van der Waals surface area contributed by atoms with E-state index in [4.69, 9.17) is 17.3 Å². The maximum absolute atomic E-state index is 12.8. The van der Waals surface area contributed by atoms with Crippen LogP contribution in [0.5, 0.6) is 0 Å². The minimum absolute atomic E-state index is 0.0608. The maximum atomic E-state index is 12.8. The highest BCUT2D eigenvalue weighted by atomic mass is 35.5. The number of nitrogens with zero attached hydrogens (tertiary/aromatic N) is 2. The number of nitro groups is 1. The summed E-state index contributed by atoms with van der Waals surface area (Å²) in [4.78, 5) is 31.1. The molecule has 0 atom stereocenters. The second-order valence-corrected chi connectivity index (χ2v) is 7.17. The SMILES string of the molecule is Nc1ccc(C(=O)N/C(=C/c2cccc([N+](=O)[O-])c2)c2nc3ccc(Cl)cc3[nH]2)cc1. The molecule has 31 heavy (non-hydrogen) atoms. The van der Waals surface area contributed by atoms with E-state index in [1.807, 2.05) is 0 Å². The third-order valence-corrected chi connectivity index (χ3v) is 4.75. The fourth-order valence-electron chi connectivity index (χ4n) is 3.00. The zero-order valence-corrected chi connectivity index (χ0v) is 16.8. The molecule has 1 amide bonds.